The summed E-state index contributed by atoms with van der Waals surface area (Å²) >= 11 is 0. The third-order valence-electron chi connectivity index (χ3n) is 5.60. The Bertz CT molecular complexity index is 1480. The highest BCUT2D eigenvalue weighted by molar-refractivity contribution is 6.06. The predicted octanol–water partition coefficient (Wildman–Crippen LogP) is 2.51. The number of rotatable bonds is 5. The lowest BCUT2D eigenvalue weighted by atomic mass is 9.81. The van der Waals surface area contributed by atoms with E-state index in [9.17, 15) is 19.6 Å². The van der Waals surface area contributed by atoms with E-state index in [-0.39, 0.29) is 45.3 Å². The number of benzene rings is 2. The Kier molecular flexibility index (Phi) is 6.43. The summed E-state index contributed by atoms with van der Waals surface area (Å²) < 4.78 is 20.1. The molecular formula is C25H20N4O7. The molecule has 2 aromatic carbocycles. The predicted molar refractivity (Wildman–Crippen MR) is 125 cm³/mol. The second-order valence-corrected chi connectivity index (χ2v) is 7.50. The van der Waals surface area contributed by atoms with E-state index in [1.165, 1.54) is 37.3 Å². The van der Waals surface area contributed by atoms with Gasteiger partial charge in [0.05, 0.1) is 50.2 Å². The molecular weight excluding hydrogens is 468 g/mol. The zero-order valence-corrected chi connectivity index (χ0v) is 19.5. The molecule has 0 radical (unpaired) electrons. The highest BCUT2D eigenvalue weighted by Gasteiger charge is 2.43. The van der Waals surface area contributed by atoms with Gasteiger partial charge in [0, 0.05) is 0 Å². The Morgan fingerprint density at radius 3 is 2.28 bits per heavy atom. The summed E-state index contributed by atoms with van der Waals surface area (Å²) in [7, 11) is 3.51. The van der Waals surface area contributed by atoms with Gasteiger partial charge < -0.3 is 24.4 Å². The van der Waals surface area contributed by atoms with Crippen LogP contribution in [0.3, 0.4) is 0 Å². The molecule has 0 saturated heterocycles. The molecule has 182 valence electrons. The lowest BCUT2D eigenvalue weighted by Gasteiger charge is -2.35. The van der Waals surface area contributed by atoms with E-state index in [4.69, 9.17) is 19.6 Å². The molecule has 1 atom stereocenters. The van der Waals surface area contributed by atoms with Crippen LogP contribution in [0.25, 0.3) is 11.1 Å². The van der Waals surface area contributed by atoms with Crippen LogP contribution < -0.4 is 10.6 Å². The molecule has 1 aromatic heterocycles. The van der Waals surface area contributed by atoms with Crippen molar-refractivity contribution in [3.05, 3.63) is 82.6 Å². The highest BCUT2D eigenvalue weighted by Crippen LogP contribution is 2.43. The molecule has 0 bridgehead atoms. The smallest absolute Gasteiger partial charge is 0.394 e. The van der Waals surface area contributed by atoms with Gasteiger partial charge in [0.15, 0.2) is 5.58 Å². The number of esters is 3. The van der Waals surface area contributed by atoms with Crippen molar-refractivity contribution < 1.29 is 33.0 Å². The number of aromatic nitrogens is 1. The van der Waals surface area contributed by atoms with Crippen molar-refractivity contribution in [3.8, 4) is 6.07 Å². The summed E-state index contributed by atoms with van der Waals surface area (Å²) in [6.07, 6.45) is 0. The third kappa shape index (κ3) is 3.90. The molecule has 0 fully saturated rings. The molecule has 0 spiro atoms. The molecule has 1 aliphatic rings. The van der Waals surface area contributed by atoms with E-state index in [1.54, 1.807) is 30.3 Å². The molecule has 11 nitrogen and oxygen atoms in total. The number of allylic oxidation sites excluding steroid dienone is 1. The van der Waals surface area contributed by atoms with E-state index in [1.807, 2.05) is 0 Å². The number of nitrogens with zero attached hydrogens (tertiary/aromatic N) is 3. The van der Waals surface area contributed by atoms with Crippen LogP contribution in [0, 0.1) is 11.3 Å². The van der Waals surface area contributed by atoms with Gasteiger partial charge in [0.2, 0.25) is 0 Å². The maximum absolute atomic E-state index is 13.1. The number of carbonyl (C=O) groups excluding carboxylic acids is 3. The Hall–Kier alpha value is -5.11. The molecule has 11 heteroatoms. The number of oxazole rings is 1. The van der Waals surface area contributed by atoms with Crippen LogP contribution in [0.1, 0.15) is 22.2 Å². The molecule has 2 N–H and O–H groups in total. The first-order valence-corrected chi connectivity index (χ1v) is 10.5. The number of hydrogen-bond acceptors (Lipinski definition) is 11. The Balaban J connectivity index is 2.01. The van der Waals surface area contributed by atoms with Gasteiger partial charge in [-0.1, -0.05) is 30.3 Å². The van der Waals surface area contributed by atoms with E-state index >= 15 is 0 Å². The fourth-order valence-electron chi connectivity index (χ4n) is 4.01. The van der Waals surface area contributed by atoms with Gasteiger partial charge in [-0.2, -0.15) is 5.26 Å². The highest BCUT2D eigenvalue weighted by atomic mass is 16.5. The largest absolute Gasteiger partial charge is 0.466 e. The number of carbonyl (C=O) groups is 3. The first-order chi connectivity index (χ1) is 17.4. The van der Waals surface area contributed by atoms with Gasteiger partial charge in [0.25, 0.3) is 0 Å². The quantitative estimate of drug-likeness (QED) is 0.415. The Morgan fingerprint density at radius 2 is 1.67 bits per heavy atom. The second-order valence-electron chi connectivity index (χ2n) is 7.50. The van der Waals surface area contributed by atoms with Gasteiger partial charge >= 0.3 is 23.8 Å². The summed E-state index contributed by atoms with van der Waals surface area (Å²) in [6, 6.07) is 15.2. The molecule has 3 aromatic rings. The Labute approximate surface area is 204 Å². The van der Waals surface area contributed by atoms with Gasteiger partial charge in [0.1, 0.15) is 17.0 Å². The third-order valence-corrected chi connectivity index (χ3v) is 5.60. The summed E-state index contributed by atoms with van der Waals surface area (Å²) in [5, 5.41) is 10.1. The van der Waals surface area contributed by atoms with Gasteiger partial charge in [-0.05, 0) is 23.8 Å². The SMILES string of the molecule is COC(=O)C1=C(C(=O)OC)N(c2ccc3oc(C(=O)OC)nc3c2)C(N)=C(C#N)C1c1ccccc1. The number of ether oxygens (including phenoxy) is 3. The van der Waals surface area contributed by atoms with Gasteiger partial charge in [-0.15, -0.1) is 0 Å². The van der Waals surface area contributed by atoms with E-state index in [0.29, 0.717) is 5.56 Å². The molecule has 0 saturated carbocycles. The zero-order valence-electron chi connectivity index (χ0n) is 19.5. The van der Waals surface area contributed by atoms with Gasteiger partial charge in [-0.25, -0.2) is 19.4 Å². The zero-order chi connectivity index (χ0) is 26.0. The first-order valence-electron chi connectivity index (χ1n) is 10.5. The Morgan fingerprint density at radius 1 is 1.00 bits per heavy atom. The molecule has 1 aliphatic heterocycles. The van der Waals surface area contributed by atoms with Crippen LogP contribution in [-0.4, -0.2) is 44.2 Å². The summed E-state index contributed by atoms with van der Waals surface area (Å²) in [6.45, 7) is 0. The first kappa shape index (κ1) is 24.0. The molecule has 0 amide bonds. The standard InChI is InChI=1S/C25H20N4O7/c1-33-23(30)19-18(13-7-5-4-6-8-13)15(12-26)21(27)29(20(19)24(31)34-2)14-9-10-17-16(11-14)28-22(36-17)25(32)35-3/h4-11,18H,27H2,1-3H3. The topological polar surface area (TPSA) is 158 Å². The van der Waals surface area contributed by atoms with Crippen LogP contribution in [0.2, 0.25) is 0 Å². The number of nitrogens with two attached hydrogens (primary N) is 1. The van der Waals surface area contributed by atoms with Gasteiger partial charge in [-0.3, -0.25) is 4.90 Å². The fourth-order valence-corrected chi connectivity index (χ4v) is 4.01. The molecule has 0 aliphatic carbocycles. The second kappa shape index (κ2) is 9.63. The number of fused-ring (bicyclic) bond motifs is 1. The number of methoxy groups -OCH3 is 3. The summed E-state index contributed by atoms with van der Waals surface area (Å²) in [5.41, 5.74) is 7.44. The normalized spacial score (nSPS) is 15.5. The minimum atomic E-state index is -0.990. The molecule has 4 rings (SSSR count). The van der Waals surface area contributed by atoms with Crippen molar-refractivity contribution >= 4 is 34.7 Å². The van der Waals surface area contributed by atoms with Crippen LogP contribution in [0.5, 0.6) is 0 Å². The molecule has 1 unspecified atom stereocenters. The van der Waals surface area contributed by atoms with Crippen LogP contribution in [0.15, 0.2) is 75.6 Å². The maximum Gasteiger partial charge on any atom is 0.394 e. The number of nitriles is 1. The fraction of sp³-hybridized carbons (Fsp3) is 0.160. The van der Waals surface area contributed by atoms with Crippen molar-refractivity contribution in [3.63, 3.8) is 0 Å². The average molecular weight is 488 g/mol. The van der Waals surface area contributed by atoms with Crippen molar-refractivity contribution in [2.45, 2.75) is 5.92 Å². The van der Waals surface area contributed by atoms with Crippen molar-refractivity contribution in [2.24, 2.45) is 5.73 Å². The molecule has 36 heavy (non-hydrogen) atoms. The summed E-state index contributed by atoms with van der Waals surface area (Å²) in [4.78, 5) is 43.4. The van der Waals surface area contributed by atoms with Crippen molar-refractivity contribution in [1.29, 1.82) is 5.26 Å². The van der Waals surface area contributed by atoms with Crippen LogP contribution in [-0.2, 0) is 23.8 Å². The monoisotopic (exact) mass is 488 g/mol. The van der Waals surface area contributed by atoms with Crippen molar-refractivity contribution in [2.75, 3.05) is 26.2 Å². The van der Waals surface area contributed by atoms with E-state index in [0.717, 1.165) is 7.11 Å². The number of anilines is 1. The number of hydrogen-bond donors (Lipinski definition) is 1. The lowest BCUT2D eigenvalue weighted by molar-refractivity contribution is -0.139. The molecule has 2 heterocycles. The minimum Gasteiger partial charge on any atom is -0.466 e. The van der Waals surface area contributed by atoms with Crippen LogP contribution in [0.4, 0.5) is 5.69 Å². The minimum absolute atomic E-state index is 0.0183. The van der Waals surface area contributed by atoms with E-state index < -0.39 is 23.8 Å². The maximum atomic E-state index is 13.1. The lowest BCUT2D eigenvalue weighted by Crippen LogP contribution is -2.40. The average Bonchev–Trinajstić information content (AvgIpc) is 3.35. The summed E-state index contributed by atoms with van der Waals surface area (Å²) in [5.74, 6) is -3.86. The van der Waals surface area contributed by atoms with E-state index in [2.05, 4.69) is 15.8 Å². The van der Waals surface area contributed by atoms with Crippen LogP contribution >= 0.6 is 0 Å². The van der Waals surface area contributed by atoms with Crippen molar-refractivity contribution in [1.82, 2.24) is 4.98 Å².